The molecule has 0 aliphatic carbocycles. The van der Waals surface area contributed by atoms with Gasteiger partial charge in [-0.05, 0) is 26.9 Å². The lowest BCUT2D eigenvalue weighted by molar-refractivity contribution is -0.137. The fourth-order valence-corrected chi connectivity index (χ4v) is 2.10. The van der Waals surface area contributed by atoms with Crippen LogP contribution in [-0.4, -0.2) is 68.7 Å². The number of likely N-dealkylation sites (tertiary alicyclic amines) is 1. The highest BCUT2D eigenvalue weighted by Gasteiger charge is 2.28. The minimum Gasteiger partial charge on any atom is -0.370 e. The molecule has 5 nitrogen and oxygen atoms in total. The Labute approximate surface area is 97.5 Å². The predicted octanol–water partition coefficient (Wildman–Crippen LogP) is -0.486. The van der Waals surface area contributed by atoms with Gasteiger partial charge in [-0.25, -0.2) is 0 Å². The molecule has 0 aromatic heterocycles. The number of nitrogens with zero attached hydrogens (tertiary/aromatic N) is 2. The van der Waals surface area contributed by atoms with Gasteiger partial charge in [-0.2, -0.15) is 0 Å². The minimum absolute atomic E-state index is 0.0952. The molecule has 0 radical (unpaired) electrons. The van der Waals surface area contributed by atoms with Crippen molar-refractivity contribution in [2.45, 2.75) is 18.9 Å². The quantitative estimate of drug-likeness (QED) is 0.625. The Kier molecular flexibility index (Phi) is 5.73. The second-order valence-electron chi connectivity index (χ2n) is 4.49. The van der Waals surface area contributed by atoms with Crippen molar-refractivity contribution in [2.75, 3.05) is 46.9 Å². The molecule has 1 aliphatic rings. The van der Waals surface area contributed by atoms with Crippen LogP contribution >= 0.6 is 0 Å². The maximum atomic E-state index is 11.9. The Hall–Kier alpha value is -0.650. The van der Waals surface area contributed by atoms with Gasteiger partial charge in [0, 0.05) is 25.7 Å². The summed E-state index contributed by atoms with van der Waals surface area (Å²) in [7, 11) is 4.07. The molecule has 1 heterocycles. The molecule has 16 heavy (non-hydrogen) atoms. The highest BCUT2D eigenvalue weighted by molar-refractivity contribution is 5.78. The summed E-state index contributed by atoms with van der Waals surface area (Å²) >= 11 is 0. The van der Waals surface area contributed by atoms with Crippen LogP contribution in [0.5, 0.6) is 0 Å². The van der Waals surface area contributed by atoms with E-state index < -0.39 is 0 Å². The molecule has 5 heteroatoms. The molecule has 0 aromatic rings. The van der Waals surface area contributed by atoms with Crippen molar-refractivity contribution in [3.8, 4) is 0 Å². The van der Waals surface area contributed by atoms with Gasteiger partial charge in [-0.3, -0.25) is 4.79 Å². The summed E-state index contributed by atoms with van der Waals surface area (Å²) in [5.41, 5.74) is 5.30. The smallest absolute Gasteiger partial charge is 0.248 e. The van der Waals surface area contributed by atoms with Crippen LogP contribution in [0.3, 0.4) is 0 Å². The summed E-state index contributed by atoms with van der Waals surface area (Å²) in [6, 6.07) is 0.351. The van der Waals surface area contributed by atoms with Crippen LogP contribution < -0.4 is 5.73 Å². The van der Waals surface area contributed by atoms with E-state index in [1.54, 1.807) is 0 Å². The van der Waals surface area contributed by atoms with E-state index in [-0.39, 0.29) is 12.5 Å². The number of hydrogen-bond acceptors (Lipinski definition) is 4. The van der Waals surface area contributed by atoms with Crippen LogP contribution in [0.1, 0.15) is 12.8 Å². The van der Waals surface area contributed by atoms with Gasteiger partial charge in [0.05, 0.1) is 6.61 Å². The van der Waals surface area contributed by atoms with Crippen LogP contribution in [0, 0.1) is 0 Å². The van der Waals surface area contributed by atoms with E-state index in [9.17, 15) is 4.79 Å². The van der Waals surface area contributed by atoms with Crippen molar-refractivity contribution in [1.82, 2.24) is 9.80 Å². The summed E-state index contributed by atoms with van der Waals surface area (Å²) in [4.78, 5) is 15.9. The number of carbonyl (C=O) groups is 1. The maximum absolute atomic E-state index is 11.9. The fraction of sp³-hybridized carbons (Fsp3) is 0.909. The largest absolute Gasteiger partial charge is 0.370 e. The third-order valence-electron chi connectivity index (χ3n) is 2.76. The van der Waals surface area contributed by atoms with Gasteiger partial charge in [0.15, 0.2) is 0 Å². The molecule has 1 fully saturated rings. The van der Waals surface area contributed by atoms with Crippen LogP contribution in [0.25, 0.3) is 0 Å². The highest BCUT2D eigenvalue weighted by atomic mass is 16.5. The predicted molar refractivity (Wildman–Crippen MR) is 63.2 cm³/mol. The average molecular weight is 229 g/mol. The zero-order chi connectivity index (χ0) is 12.0. The molecular formula is C11H23N3O2. The van der Waals surface area contributed by atoms with Gasteiger partial charge >= 0.3 is 0 Å². The highest BCUT2D eigenvalue weighted by Crippen LogP contribution is 2.17. The summed E-state index contributed by atoms with van der Waals surface area (Å²) < 4.78 is 5.18. The van der Waals surface area contributed by atoms with Crippen molar-refractivity contribution < 1.29 is 9.53 Å². The normalized spacial score (nSPS) is 20.8. The molecule has 0 bridgehead atoms. The zero-order valence-electron chi connectivity index (χ0n) is 10.3. The van der Waals surface area contributed by atoms with Gasteiger partial charge in [0.2, 0.25) is 5.91 Å². The summed E-state index contributed by atoms with van der Waals surface area (Å²) in [5, 5.41) is 0. The fourth-order valence-electron chi connectivity index (χ4n) is 2.10. The average Bonchev–Trinajstić information content (AvgIpc) is 2.65. The van der Waals surface area contributed by atoms with E-state index in [0.29, 0.717) is 19.2 Å². The Morgan fingerprint density at radius 1 is 1.56 bits per heavy atom. The summed E-state index contributed by atoms with van der Waals surface area (Å²) in [6.07, 6.45) is 2.20. The van der Waals surface area contributed by atoms with Crippen LogP contribution in [-0.2, 0) is 9.53 Å². The molecule has 1 aliphatic heterocycles. The number of hydrogen-bond donors (Lipinski definition) is 1. The molecule has 2 N–H and O–H groups in total. The molecule has 0 saturated carbocycles. The topological polar surface area (TPSA) is 58.8 Å². The standard InChI is InChI=1S/C11H23N3O2/c1-13(2)8-10-4-3-6-14(10)11(15)9-16-7-5-12/h10H,3-9,12H2,1-2H3. The first-order valence-corrected chi connectivity index (χ1v) is 5.87. The number of rotatable bonds is 6. The third kappa shape index (κ3) is 4.08. The van der Waals surface area contributed by atoms with E-state index in [0.717, 1.165) is 25.9 Å². The molecule has 0 spiro atoms. The summed E-state index contributed by atoms with van der Waals surface area (Å²) in [6.45, 7) is 2.89. The zero-order valence-corrected chi connectivity index (χ0v) is 10.3. The molecular weight excluding hydrogens is 206 g/mol. The van der Waals surface area contributed by atoms with E-state index in [2.05, 4.69) is 4.90 Å². The van der Waals surface area contributed by atoms with Crippen molar-refractivity contribution in [3.05, 3.63) is 0 Å². The van der Waals surface area contributed by atoms with Crippen molar-refractivity contribution in [1.29, 1.82) is 0 Å². The molecule has 94 valence electrons. The number of amides is 1. The van der Waals surface area contributed by atoms with E-state index in [1.165, 1.54) is 0 Å². The van der Waals surface area contributed by atoms with Gasteiger partial charge < -0.3 is 20.3 Å². The minimum atomic E-state index is 0.0952. The van der Waals surface area contributed by atoms with Crippen LogP contribution in [0.4, 0.5) is 0 Å². The van der Waals surface area contributed by atoms with Crippen molar-refractivity contribution >= 4 is 5.91 Å². The lowest BCUT2D eigenvalue weighted by Crippen LogP contribution is -2.43. The second kappa shape index (κ2) is 6.83. The maximum Gasteiger partial charge on any atom is 0.248 e. The van der Waals surface area contributed by atoms with E-state index in [1.807, 2.05) is 19.0 Å². The molecule has 1 amide bonds. The number of likely N-dealkylation sites (N-methyl/N-ethyl adjacent to an activating group) is 1. The first kappa shape index (κ1) is 13.4. The number of ether oxygens (including phenoxy) is 1. The molecule has 1 saturated heterocycles. The first-order chi connectivity index (χ1) is 7.65. The van der Waals surface area contributed by atoms with Crippen molar-refractivity contribution in [3.63, 3.8) is 0 Å². The van der Waals surface area contributed by atoms with E-state index >= 15 is 0 Å². The van der Waals surface area contributed by atoms with Gasteiger partial charge in [0.25, 0.3) is 0 Å². The second-order valence-corrected chi connectivity index (χ2v) is 4.49. The monoisotopic (exact) mass is 229 g/mol. The molecule has 1 atom stereocenters. The van der Waals surface area contributed by atoms with Crippen molar-refractivity contribution in [2.24, 2.45) is 5.73 Å². The Morgan fingerprint density at radius 3 is 2.94 bits per heavy atom. The third-order valence-corrected chi connectivity index (χ3v) is 2.76. The molecule has 1 unspecified atom stereocenters. The Morgan fingerprint density at radius 2 is 2.31 bits per heavy atom. The van der Waals surface area contributed by atoms with Crippen LogP contribution in [0.2, 0.25) is 0 Å². The van der Waals surface area contributed by atoms with E-state index in [4.69, 9.17) is 10.5 Å². The van der Waals surface area contributed by atoms with Gasteiger partial charge in [-0.15, -0.1) is 0 Å². The van der Waals surface area contributed by atoms with Gasteiger partial charge in [-0.1, -0.05) is 0 Å². The first-order valence-electron chi connectivity index (χ1n) is 5.87. The number of carbonyl (C=O) groups excluding carboxylic acids is 1. The molecule has 0 aromatic carbocycles. The summed E-state index contributed by atoms with van der Waals surface area (Å²) in [5.74, 6) is 0.0952. The number of nitrogens with two attached hydrogens (primary N) is 1. The Bertz CT molecular complexity index is 221. The molecule has 1 rings (SSSR count). The van der Waals surface area contributed by atoms with Gasteiger partial charge in [0.1, 0.15) is 6.61 Å². The Balaban J connectivity index is 2.35. The van der Waals surface area contributed by atoms with Crippen LogP contribution in [0.15, 0.2) is 0 Å². The lowest BCUT2D eigenvalue weighted by Gasteiger charge is -2.27. The SMILES string of the molecule is CN(C)CC1CCCN1C(=O)COCCN. The lowest BCUT2D eigenvalue weighted by atomic mass is 10.2.